The fourth-order valence-electron chi connectivity index (χ4n) is 1.68. The number of nitrogens with one attached hydrogen (secondary N) is 1. The third-order valence-corrected chi connectivity index (χ3v) is 5.64. The van der Waals surface area contributed by atoms with Crippen molar-refractivity contribution in [1.82, 2.24) is 0 Å². The van der Waals surface area contributed by atoms with Crippen LogP contribution in [-0.4, -0.2) is 18.7 Å². The smallest absolute Gasteiger partial charge is 0.261 e. The van der Waals surface area contributed by atoms with Gasteiger partial charge in [0.1, 0.15) is 9.88 Å². The average molecular weight is 313 g/mol. The van der Waals surface area contributed by atoms with E-state index in [0.717, 1.165) is 22.9 Å². The third-order valence-electron chi connectivity index (χ3n) is 2.56. The van der Waals surface area contributed by atoms with Gasteiger partial charge in [-0.05, 0) is 24.1 Å². The van der Waals surface area contributed by atoms with E-state index in [1.54, 1.807) is 11.3 Å². The van der Waals surface area contributed by atoms with E-state index in [9.17, 15) is 4.79 Å². The topological polar surface area (TPSA) is 81.1 Å². The van der Waals surface area contributed by atoms with Crippen LogP contribution in [0, 0.1) is 0 Å². The molecule has 4 nitrogen and oxygen atoms in total. The van der Waals surface area contributed by atoms with Crippen molar-refractivity contribution in [2.24, 2.45) is 5.73 Å². The van der Waals surface area contributed by atoms with Gasteiger partial charge in [-0.15, -0.1) is 34.4 Å². The lowest BCUT2D eigenvalue weighted by Crippen LogP contribution is -2.10. The van der Waals surface area contributed by atoms with Crippen molar-refractivity contribution < 1.29 is 4.79 Å². The Morgan fingerprint density at radius 2 is 2.32 bits per heavy atom. The number of nitrogens with two attached hydrogens (primary N) is 2. The summed E-state index contributed by atoms with van der Waals surface area (Å²) in [5.41, 5.74) is 11.7. The fraction of sp³-hybridized carbons (Fsp3) is 0.250. The molecule has 0 saturated heterocycles. The summed E-state index contributed by atoms with van der Waals surface area (Å²) in [6, 6.07) is 4.15. The molecule has 19 heavy (non-hydrogen) atoms. The molecule has 0 atom stereocenters. The quantitative estimate of drug-likeness (QED) is 0.716. The highest BCUT2D eigenvalue weighted by atomic mass is 32.2. The predicted molar refractivity (Wildman–Crippen MR) is 85.5 cm³/mol. The summed E-state index contributed by atoms with van der Waals surface area (Å²) in [5, 5.41) is 6.33. The molecule has 102 valence electrons. The number of primary amides is 1. The van der Waals surface area contributed by atoms with Crippen molar-refractivity contribution in [1.29, 1.82) is 0 Å². The van der Waals surface area contributed by atoms with E-state index in [2.05, 4.69) is 16.8 Å². The van der Waals surface area contributed by atoms with Gasteiger partial charge in [0.2, 0.25) is 0 Å². The van der Waals surface area contributed by atoms with Gasteiger partial charge >= 0.3 is 0 Å². The number of thioether (sulfide) groups is 1. The van der Waals surface area contributed by atoms with Gasteiger partial charge in [0, 0.05) is 11.4 Å². The van der Waals surface area contributed by atoms with Crippen LogP contribution in [0.4, 0.5) is 10.7 Å². The monoisotopic (exact) mass is 313 g/mol. The fourth-order valence-corrected chi connectivity index (χ4v) is 4.31. The molecule has 2 rings (SSSR count). The molecular formula is C12H15N3OS3. The van der Waals surface area contributed by atoms with Gasteiger partial charge in [-0.25, -0.2) is 0 Å². The second kappa shape index (κ2) is 6.31. The molecular weight excluding hydrogens is 298 g/mol. The first-order chi connectivity index (χ1) is 9.13. The lowest BCUT2D eigenvalue weighted by molar-refractivity contribution is 0.100. The van der Waals surface area contributed by atoms with E-state index in [0.29, 0.717) is 10.6 Å². The van der Waals surface area contributed by atoms with E-state index < -0.39 is 5.91 Å². The zero-order chi connectivity index (χ0) is 13.8. The van der Waals surface area contributed by atoms with Crippen LogP contribution in [0.3, 0.4) is 0 Å². The molecule has 2 aromatic heterocycles. The van der Waals surface area contributed by atoms with Gasteiger partial charge in [0.25, 0.3) is 5.91 Å². The number of thiophene rings is 2. The zero-order valence-corrected chi connectivity index (χ0v) is 12.9. The van der Waals surface area contributed by atoms with E-state index in [4.69, 9.17) is 11.5 Å². The first-order valence-corrected chi connectivity index (χ1v) is 8.58. The maximum absolute atomic E-state index is 11.3. The summed E-state index contributed by atoms with van der Waals surface area (Å²) >= 11 is 4.59. The lowest BCUT2D eigenvalue weighted by Gasteiger charge is -2.05. The molecule has 0 aliphatic heterocycles. The zero-order valence-electron chi connectivity index (χ0n) is 10.4. The normalized spacial score (nSPS) is 10.6. The van der Waals surface area contributed by atoms with E-state index in [1.807, 2.05) is 12.3 Å². The van der Waals surface area contributed by atoms with E-state index >= 15 is 0 Å². The molecule has 0 fully saturated rings. The molecule has 7 heteroatoms. The van der Waals surface area contributed by atoms with Crippen molar-refractivity contribution >= 4 is 51.0 Å². The van der Waals surface area contributed by atoms with Gasteiger partial charge in [0.15, 0.2) is 0 Å². The molecule has 0 aromatic carbocycles. The van der Waals surface area contributed by atoms with Crippen LogP contribution in [0.2, 0.25) is 0 Å². The van der Waals surface area contributed by atoms with Gasteiger partial charge in [0.05, 0.1) is 10.6 Å². The van der Waals surface area contributed by atoms with Gasteiger partial charge in [-0.3, -0.25) is 4.79 Å². The van der Waals surface area contributed by atoms with Crippen LogP contribution in [-0.2, 0) is 6.42 Å². The minimum absolute atomic E-state index is 0.433. The molecule has 2 heterocycles. The van der Waals surface area contributed by atoms with Crippen molar-refractivity contribution in [3.8, 4) is 0 Å². The number of carbonyl (C=O) groups excluding carboxylic acids is 1. The molecule has 2 aromatic rings. The molecule has 0 unspecified atom stereocenters. The molecule has 0 saturated carbocycles. The van der Waals surface area contributed by atoms with Crippen LogP contribution in [0.1, 0.15) is 14.5 Å². The second-order valence-corrected chi connectivity index (χ2v) is 6.70. The molecule has 0 spiro atoms. The van der Waals surface area contributed by atoms with E-state index in [1.165, 1.54) is 28.0 Å². The van der Waals surface area contributed by atoms with Crippen LogP contribution in [0.25, 0.3) is 0 Å². The van der Waals surface area contributed by atoms with Crippen LogP contribution >= 0.6 is 34.4 Å². The largest absolute Gasteiger partial charge is 0.396 e. The third kappa shape index (κ3) is 3.23. The molecule has 0 radical (unpaired) electrons. The summed E-state index contributed by atoms with van der Waals surface area (Å²) in [4.78, 5) is 14.0. The van der Waals surface area contributed by atoms with Gasteiger partial charge in [-0.2, -0.15) is 0 Å². The molecule has 5 N–H and O–H groups in total. The number of hydrogen-bond donors (Lipinski definition) is 3. The number of carbonyl (C=O) groups is 1. The maximum Gasteiger partial charge on any atom is 0.261 e. The Balaban J connectivity index is 2.07. The highest BCUT2D eigenvalue weighted by Crippen LogP contribution is 2.41. The van der Waals surface area contributed by atoms with Crippen molar-refractivity contribution in [2.75, 3.05) is 23.9 Å². The Morgan fingerprint density at radius 3 is 2.89 bits per heavy atom. The van der Waals surface area contributed by atoms with Crippen LogP contribution in [0.15, 0.2) is 22.4 Å². The van der Waals surface area contributed by atoms with Gasteiger partial charge < -0.3 is 16.8 Å². The highest BCUT2D eigenvalue weighted by Gasteiger charge is 2.18. The summed E-state index contributed by atoms with van der Waals surface area (Å²) in [6.07, 6.45) is 2.89. The summed E-state index contributed by atoms with van der Waals surface area (Å²) in [7, 11) is 0. The molecule has 1 amide bonds. The Labute approximate surface area is 124 Å². The number of hydrogen-bond acceptors (Lipinski definition) is 6. The minimum Gasteiger partial charge on any atom is -0.396 e. The van der Waals surface area contributed by atoms with E-state index in [-0.39, 0.29) is 0 Å². The van der Waals surface area contributed by atoms with Crippen molar-refractivity contribution in [3.63, 3.8) is 0 Å². The van der Waals surface area contributed by atoms with Gasteiger partial charge in [-0.1, -0.05) is 6.07 Å². The highest BCUT2D eigenvalue weighted by molar-refractivity contribution is 7.99. The predicted octanol–water partition coefficient (Wildman–Crippen LogP) is 2.87. The minimum atomic E-state index is -0.468. The van der Waals surface area contributed by atoms with Crippen molar-refractivity contribution in [3.05, 3.63) is 27.3 Å². The molecule has 0 aliphatic carbocycles. The standard InChI is InChI=1S/C12H15N3OS3/c1-17-10-8(13)9(11(14)16)19-12(10)15-5-4-7-3-2-6-18-7/h2-3,6,15H,4-5,13H2,1H3,(H2,14,16). The van der Waals surface area contributed by atoms with Crippen LogP contribution in [0.5, 0.6) is 0 Å². The van der Waals surface area contributed by atoms with Crippen molar-refractivity contribution in [2.45, 2.75) is 11.3 Å². The first-order valence-electron chi connectivity index (χ1n) is 5.65. The number of rotatable bonds is 6. The van der Waals surface area contributed by atoms with Crippen LogP contribution < -0.4 is 16.8 Å². The Morgan fingerprint density at radius 1 is 1.53 bits per heavy atom. The SMILES string of the molecule is CSc1c(NCCc2cccs2)sc(C(N)=O)c1N. The maximum atomic E-state index is 11.3. The number of nitrogen functional groups attached to an aromatic ring is 1. The Kier molecular flexibility index (Phi) is 4.73. The molecule has 0 aliphatic rings. The Bertz CT molecular complexity index is 563. The first kappa shape index (κ1) is 14.2. The number of anilines is 2. The lowest BCUT2D eigenvalue weighted by atomic mass is 10.3. The Hall–Kier alpha value is -1.18. The second-order valence-electron chi connectivity index (χ2n) is 3.83. The number of amides is 1. The summed E-state index contributed by atoms with van der Waals surface area (Å²) < 4.78 is 0. The molecule has 0 bridgehead atoms. The summed E-state index contributed by atoms with van der Waals surface area (Å²) in [5.74, 6) is -0.468. The average Bonchev–Trinajstić information content (AvgIpc) is 2.97. The summed E-state index contributed by atoms with van der Waals surface area (Å²) in [6.45, 7) is 0.812.